The first kappa shape index (κ1) is 7.92. The lowest BCUT2D eigenvalue weighted by Crippen LogP contribution is -1.82. The predicted molar refractivity (Wildman–Crippen MR) is 40.7 cm³/mol. The Morgan fingerprint density at radius 3 is 2.55 bits per heavy atom. The van der Waals surface area contributed by atoms with Crippen LogP contribution in [0.15, 0.2) is 24.3 Å². The summed E-state index contributed by atoms with van der Waals surface area (Å²) >= 11 is 0. The summed E-state index contributed by atoms with van der Waals surface area (Å²) in [5, 5.41) is 0. The normalized spacial score (nSPS) is 10.8. The fourth-order valence-corrected chi connectivity index (χ4v) is 0.764. The van der Waals surface area contributed by atoms with Gasteiger partial charge in [0.25, 0.3) is 0 Å². The van der Waals surface area contributed by atoms with E-state index in [4.69, 9.17) is 0 Å². The fourth-order valence-electron chi connectivity index (χ4n) is 0.764. The van der Waals surface area contributed by atoms with Crippen molar-refractivity contribution in [1.82, 2.24) is 0 Å². The van der Waals surface area contributed by atoms with Gasteiger partial charge in [-0.15, -0.1) is 0 Å². The van der Waals surface area contributed by atoms with Gasteiger partial charge in [0.1, 0.15) is 11.6 Å². The zero-order valence-corrected chi connectivity index (χ0v) is 5.85. The molecule has 0 N–H and O–H groups in total. The van der Waals surface area contributed by atoms with Crippen molar-refractivity contribution in [2.24, 2.45) is 0 Å². The highest BCUT2D eigenvalue weighted by molar-refractivity contribution is 5.50. The molecule has 0 nitrogen and oxygen atoms in total. The molecule has 0 aliphatic carbocycles. The van der Waals surface area contributed by atoms with Crippen LogP contribution >= 0.6 is 0 Å². The lowest BCUT2D eigenvalue weighted by molar-refractivity contribution is 0.581. The van der Waals surface area contributed by atoms with Gasteiger partial charge in [0.05, 0.1) is 0 Å². The van der Waals surface area contributed by atoms with Crippen molar-refractivity contribution in [3.63, 3.8) is 0 Å². The van der Waals surface area contributed by atoms with Gasteiger partial charge in [-0.2, -0.15) is 0 Å². The highest BCUT2D eigenvalue weighted by Crippen LogP contribution is 2.10. The number of hydrogen-bond donors (Lipinski definition) is 0. The molecule has 0 heterocycles. The second-order valence-corrected chi connectivity index (χ2v) is 2.07. The highest BCUT2D eigenvalue weighted by Gasteiger charge is 1.98. The van der Waals surface area contributed by atoms with Crippen LogP contribution in [0.5, 0.6) is 0 Å². The minimum atomic E-state index is -0.566. The van der Waals surface area contributed by atoms with Gasteiger partial charge >= 0.3 is 0 Å². The molecule has 11 heavy (non-hydrogen) atoms. The van der Waals surface area contributed by atoms with Crippen LogP contribution in [0.3, 0.4) is 0 Å². The van der Waals surface area contributed by atoms with Crippen LogP contribution in [-0.4, -0.2) is 0 Å². The molecule has 0 saturated heterocycles. The van der Waals surface area contributed by atoms with E-state index in [-0.39, 0.29) is 0 Å². The van der Waals surface area contributed by atoms with Crippen molar-refractivity contribution in [3.8, 4) is 0 Å². The van der Waals surface area contributed by atoms with Crippen LogP contribution in [0.25, 0.3) is 6.08 Å². The smallest absolute Gasteiger partial charge is 0.133 e. The maximum atomic E-state index is 12.7. The molecular formula is C9H7F2. The zero-order chi connectivity index (χ0) is 8.27. The summed E-state index contributed by atoms with van der Waals surface area (Å²) in [7, 11) is 0. The predicted octanol–water partition coefficient (Wildman–Crippen LogP) is 2.81. The summed E-state index contributed by atoms with van der Waals surface area (Å²) in [6.45, 7) is 3.40. The molecule has 1 rings (SSSR count). The lowest BCUT2D eigenvalue weighted by Gasteiger charge is -1.94. The van der Waals surface area contributed by atoms with Crippen LogP contribution in [0.2, 0.25) is 0 Å². The SMILES string of the molecule is [CH2]C=Cc1ccc(F)cc1F. The molecule has 0 spiro atoms. The van der Waals surface area contributed by atoms with Gasteiger partial charge in [0.15, 0.2) is 0 Å². The van der Waals surface area contributed by atoms with Crippen LogP contribution in [0, 0.1) is 18.6 Å². The van der Waals surface area contributed by atoms with Crippen molar-refractivity contribution in [2.45, 2.75) is 0 Å². The molecule has 1 aromatic rings. The van der Waals surface area contributed by atoms with Crippen LogP contribution in [0.4, 0.5) is 8.78 Å². The van der Waals surface area contributed by atoms with E-state index in [0.29, 0.717) is 5.56 Å². The molecule has 1 radical (unpaired) electrons. The number of benzene rings is 1. The first-order valence-electron chi connectivity index (χ1n) is 3.15. The molecule has 57 valence electrons. The maximum Gasteiger partial charge on any atom is 0.133 e. The third-order valence-corrected chi connectivity index (χ3v) is 1.26. The minimum Gasteiger partial charge on any atom is -0.207 e. The van der Waals surface area contributed by atoms with E-state index in [0.717, 1.165) is 6.07 Å². The van der Waals surface area contributed by atoms with Gasteiger partial charge in [0, 0.05) is 11.6 Å². The molecule has 0 saturated carbocycles. The monoisotopic (exact) mass is 153 g/mol. The van der Waals surface area contributed by atoms with Gasteiger partial charge in [-0.05, 0) is 19.1 Å². The van der Waals surface area contributed by atoms with Crippen molar-refractivity contribution in [3.05, 3.63) is 48.4 Å². The second kappa shape index (κ2) is 3.28. The van der Waals surface area contributed by atoms with Gasteiger partial charge in [-0.25, -0.2) is 8.78 Å². The Hall–Kier alpha value is -1.18. The van der Waals surface area contributed by atoms with Crippen LogP contribution in [-0.2, 0) is 0 Å². The number of allylic oxidation sites excluding steroid dienone is 1. The Bertz CT molecular complexity index is 277. The van der Waals surface area contributed by atoms with Crippen LogP contribution < -0.4 is 0 Å². The number of halogens is 2. The first-order chi connectivity index (χ1) is 5.24. The Morgan fingerprint density at radius 2 is 2.00 bits per heavy atom. The Labute approximate surface area is 64.2 Å². The Kier molecular flexibility index (Phi) is 2.36. The molecule has 0 aliphatic heterocycles. The van der Waals surface area contributed by atoms with Crippen LogP contribution in [0.1, 0.15) is 5.56 Å². The molecule has 0 amide bonds. The molecule has 1 aromatic carbocycles. The van der Waals surface area contributed by atoms with Crippen molar-refractivity contribution >= 4 is 6.08 Å². The van der Waals surface area contributed by atoms with Crippen molar-refractivity contribution in [2.75, 3.05) is 0 Å². The van der Waals surface area contributed by atoms with E-state index in [1.165, 1.54) is 24.3 Å². The van der Waals surface area contributed by atoms with Gasteiger partial charge in [-0.1, -0.05) is 12.2 Å². The van der Waals surface area contributed by atoms with E-state index in [2.05, 4.69) is 6.92 Å². The highest BCUT2D eigenvalue weighted by atomic mass is 19.1. The molecule has 0 unspecified atom stereocenters. The van der Waals surface area contributed by atoms with Gasteiger partial charge in [0.2, 0.25) is 0 Å². The first-order valence-corrected chi connectivity index (χ1v) is 3.15. The quantitative estimate of drug-likeness (QED) is 0.582. The summed E-state index contributed by atoms with van der Waals surface area (Å²) in [6.07, 6.45) is 2.94. The van der Waals surface area contributed by atoms with E-state index >= 15 is 0 Å². The Balaban J connectivity index is 3.09. The van der Waals surface area contributed by atoms with E-state index in [1.54, 1.807) is 0 Å². The van der Waals surface area contributed by atoms with Gasteiger partial charge in [-0.3, -0.25) is 0 Å². The summed E-state index contributed by atoms with van der Waals surface area (Å²) in [4.78, 5) is 0. The molecule has 0 bridgehead atoms. The second-order valence-electron chi connectivity index (χ2n) is 2.07. The summed E-state index contributed by atoms with van der Waals surface area (Å²) < 4.78 is 25.0. The number of rotatable bonds is 1. The van der Waals surface area contributed by atoms with E-state index in [9.17, 15) is 8.78 Å². The molecule has 2 heteroatoms. The third-order valence-electron chi connectivity index (χ3n) is 1.26. The minimum absolute atomic E-state index is 0.349. The maximum absolute atomic E-state index is 12.7. The summed E-state index contributed by atoms with van der Waals surface area (Å²) in [5.41, 5.74) is 0.349. The molecule has 0 aromatic heterocycles. The number of hydrogen-bond acceptors (Lipinski definition) is 0. The third kappa shape index (κ3) is 1.87. The van der Waals surface area contributed by atoms with E-state index < -0.39 is 11.6 Å². The molecular weight excluding hydrogens is 146 g/mol. The van der Waals surface area contributed by atoms with Gasteiger partial charge < -0.3 is 0 Å². The summed E-state index contributed by atoms with van der Waals surface area (Å²) in [5.74, 6) is -1.13. The lowest BCUT2D eigenvalue weighted by atomic mass is 10.2. The van der Waals surface area contributed by atoms with Crippen molar-refractivity contribution in [1.29, 1.82) is 0 Å². The average Bonchev–Trinajstić information content (AvgIpc) is 1.95. The standard InChI is InChI=1S/C9H7F2/c1-2-3-7-4-5-8(10)6-9(7)11/h2-6H,1H2. The average molecular weight is 153 g/mol. The van der Waals surface area contributed by atoms with E-state index in [1.807, 2.05) is 0 Å². The molecule has 0 aliphatic rings. The largest absolute Gasteiger partial charge is 0.207 e. The molecule has 0 fully saturated rings. The Morgan fingerprint density at radius 1 is 1.27 bits per heavy atom. The van der Waals surface area contributed by atoms with Crippen molar-refractivity contribution < 1.29 is 8.78 Å². The molecule has 0 atom stereocenters. The summed E-state index contributed by atoms with van der Waals surface area (Å²) in [6, 6.07) is 3.42. The topological polar surface area (TPSA) is 0 Å². The fraction of sp³-hybridized carbons (Fsp3) is 0. The zero-order valence-electron chi connectivity index (χ0n) is 5.85.